The van der Waals surface area contributed by atoms with Gasteiger partial charge in [0.15, 0.2) is 0 Å². The second-order valence-electron chi connectivity index (χ2n) is 8.53. The van der Waals surface area contributed by atoms with Gasteiger partial charge in [0.1, 0.15) is 5.82 Å². The lowest BCUT2D eigenvalue weighted by Gasteiger charge is -2.47. The van der Waals surface area contributed by atoms with Crippen molar-refractivity contribution in [2.45, 2.75) is 65.0 Å². The quantitative estimate of drug-likeness (QED) is 0.440. The van der Waals surface area contributed by atoms with Crippen molar-refractivity contribution in [1.29, 1.82) is 0 Å². The molecule has 0 aromatic heterocycles. The Labute approximate surface area is 176 Å². The molecule has 0 saturated carbocycles. The van der Waals surface area contributed by atoms with E-state index in [2.05, 4.69) is 39.2 Å². The number of thioether (sulfide) groups is 1. The zero-order valence-corrected chi connectivity index (χ0v) is 18.6. The summed E-state index contributed by atoms with van der Waals surface area (Å²) < 4.78 is 15.1. The van der Waals surface area contributed by atoms with Crippen molar-refractivity contribution in [1.82, 2.24) is 4.90 Å². The van der Waals surface area contributed by atoms with Gasteiger partial charge in [0.25, 0.3) is 11.1 Å². The molecule has 2 aliphatic heterocycles. The Hall–Kier alpha value is -2.08. The highest BCUT2D eigenvalue weighted by molar-refractivity contribution is 8.18. The van der Waals surface area contributed by atoms with Crippen molar-refractivity contribution >= 4 is 34.7 Å². The van der Waals surface area contributed by atoms with E-state index in [-0.39, 0.29) is 27.4 Å². The van der Waals surface area contributed by atoms with Gasteiger partial charge in [-0.2, -0.15) is 0 Å². The molecule has 0 N–H and O–H groups in total. The highest BCUT2D eigenvalue weighted by Crippen LogP contribution is 2.45. The van der Waals surface area contributed by atoms with Crippen molar-refractivity contribution < 1.29 is 14.0 Å². The summed E-state index contributed by atoms with van der Waals surface area (Å²) in [6.45, 7) is 14.9. The van der Waals surface area contributed by atoms with Gasteiger partial charge in [-0.05, 0) is 75.1 Å². The Bertz CT molecular complexity index is 893. The maximum absolute atomic E-state index is 15.1. The number of amides is 2. The van der Waals surface area contributed by atoms with Crippen LogP contribution >= 0.6 is 11.8 Å². The van der Waals surface area contributed by atoms with E-state index in [0.717, 1.165) is 47.3 Å². The summed E-state index contributed by atoms with van der Waals surface area (Å²) in [5.41, 5.74) is 2.33. The van der Waals surface area contributed by atoms with Crippen molar-refractivity contribution in [3.05, 3.63) is 46.6 Å². The molecular weight excluding hydrogens is 387 g/mol. The first-order valence-electron chi connectivity index (χ1n) is 10.1. The van der Waals surface area contributed by atoms with Gasteiger partial charge in [0, 0.05) is 23.3 Å². The number of fused-ring (bicyclic) bond motifs is 1. The van der Waals surface area contributed by atoms with Crippen molar-refractivity contribution in [2.75, 3.05) is 11.4 Å². The van der Waals surface area contributed by atoms with Gasteiger partial charge in [-0.25, -0.2) is 4.39 Å². The Morgan fingerprint density at radius 2 is 2.07 bits per heavy atom. The maximum atomic E-state index is 15.1. The van der Waals surface area contributed by atoms with E-state index in [1.54, 1.807) is 19.1 Å². The molecule has 2 amide bonds. The standard InChI is InChI=1S/C23H29FN2O2S/c1-7-9-25-19-12-18(24)16(10-17(19)14(3)13-23(25,5)6)11-20-21(27)26(15(4)8-2)22(28)29-20/h8,10-12,14-15H,2,7,9,13H2,1,3-6H3/b20-11+. The fraction of sp³-hybridized carbons (Fsp3) is 0.478. The van der Waals surface area contributed by atoms with Crippen molar-refractivity contribution in [3.63, 3.8) is 0 Å². The zero-order valence-electron chi connectivity index (χ0n) is 17.8. The number of nitrogens with zero attached hydrogens (tertiary/aromatic N) is 2. The minimum atomic E-state index is -0.397. The topological polar surface area (TPSA) is 40.6 Å². The number of halogens is 1. The molecule has 4 nitrogen and oxygen atoms in total. The Morgan fingerprint density at radius 1 is 1.38 bits per heavy atom. The van der Waals surface area contributed by atoms with E-state index >= 15 is 4.39 Å². The molecule has 0 bridgehead atoms. The minimum absolute atomic E-state index is 0.0418. The molecule has 2 aliphatic rings. The Kier molecular flexibility index (Phi) is 5.95. The van der Waals surface area contributed by atoms with Gasteiger partial charge in [-0.3, -0.25) is 14.5 Å². The van der Waals surface area contributed by atoms with Crippen LogP contribution in [0.3, 0.4) is 0 Å². The highest BCUT2D eigenvalue weighted by Gasteiger charge is 2.39. The summed E-state index contributed by atoms with van der Waals surface area (Å²) in [6.07, 6.45) is 5.01. The number of rotatable bonds is 5. The summed E-state index contributed by atoms with van der Waals surface area (Å²) in [4.78, 5) is 28.6. The van der Waals surface area contributed by atoms with Crippen molar-refractivity contribution in [2.24, 2.45) is 0 Å². The number of carbonyl (C=O) groups excluding carboxylic acids is 2. The first-order chi connectivity index (χ1) is 13.6. The average molecular weight is 417 g/mol. The maximum Gasteiger partial charge on any atom is 0.294 e. The molecular formula is C23H29FN2O2S. The fourth-order valence-electron chi connectivity index (χ4n) is 4.36. The first-order valence-corrected chi connectivity index (χ1v) is 10.9. The molecule has 2 heterocycles. The second-order valence-corrected chi connectivity index (χ2v) is 9.52. The van der Waals surface area contributed by atoms with Crippen LogP contribution in [0.25, 0.3) is 6.08 Å². The second kappa shape index (κ2) is 7.98. The number of anilines is 1. The van der Waals surface area contributed by atoms with Gasteiger partial charge in [-0.15, -0.1) is 6.58 Å². The molecule has 1 aromatic carbocycles. The molecule has 2 atom stereocenters. The van der Waals surface area contributed by atoms with Crippen LogP contribution in [0.5, 0.6) is 0 Å². The largest absolute Gasteiger partial charge is 0.366 e. The summed E-state index contributed by atoms with van der Waals surface area (Å²) in [6, 6.07) is 3.04. The lowest BCUT2D eigenvalue weighted by Crippen LogP contribution is -2.48. The van der Waals surface area contributed by atoms with Crippen LogP contribution in [0.4, 0.5) is 14.9 Å². The average Bonchev–Trinajstić information content (AvgIpc) is 2.92. The summed E-state index contributed by atoms with van der Waals surface area (Å²) in [5.74, 6) is -0.499. The van der Waals surface area contributed by atoms with Crippen LogP contribution in [0.15, 0.2) is 29.7 Å². The van der Waals surface area contributed by atoms with Gasteiger partial charge in [-0.1, -0.05) is 19.9 Å². The van der Waals surface area contributed by atoms with E-state index in [9.17, 15) is 9.59 Å². The Balaban J connectivity index is 2.03. The normalized spacial score (nSPS) is 23.5. The number of benzene rings is 1. The number of imide groups is 1. The molecule has 6 heteroatoms. The fourth-order valence-corrected chi connectivity index (χ4v) is 5.26. The van der Waals surface area contributed by atoms with E-state index < -0.39 is 11.9 Å². The molecule has 2 unspecified atom stereocenters. The molecule has 29 heavy (non-hydrogen) atoms. The minimum Gasteiger partial charge on any atom is -0.366 e. The van der Waals surface area contributed by atoms with Crippen LogP contribution in [-0.2, 0) is 4.79 Å². The molecule has 1 fully saturated rings. The predicted molar refractivity (Wildman–Crippen MR) is 119 cm³/mol. The monoisotopic (exact) mass is 416 g/mol. The lowest BCUT2D eigenvalue weighted by atomic mass is 9.79. The molecule has 0 aliphatic carbocycles. The van der Waals surface area contributed by atoms with E-state index in [0.29, 0.717) is 5.56 Å². The summed E-state index contributed by atoms with van der Waals surface area (Å²) in [7, 11) is 0. The number of hydrogen-bond acceptors (Lipinski definition) is 4. The molecule has 1 aromatic rings. The Morgan fingerprint density at radius 3 is 2.69 bits per heavy atom. The van der Waals surface area contributed by atoms with Gasteiger partial charge >= 0.3 is 0 Å². The number of carbonyl (C=O) groups is 2. The summed E-state index contributed by atoms with van der Waals surface area (Å²) in [5, 5.41) is -0.351. The SMILES string of the molecule is C=CC(C)N1C(=O)S/C(=C/c2cc3c(cc2F)N(CCC)C(C)(C)CC3C)C1=O. The van der Waals surface area contributed by atoms with Crippen LogP contribution < -0.4 is 4.90 Å². The van der Waals surface area contributed by atoms with Crippen LogP contribution in [-0.4, -0.2) is 34.2 Å². The smallest absolute Gasteiger partial charge is 0.294 e. The molecule has 156 valence electrons. The third kappa shape index (κ3) is 3.87. The van der Waals surface area contributed by atoms with Gasteiger partial charge in [0.05, 0.1) is 10.9 Å². The molecule has 1 saturated heterocycles. The van der Waals surface area contributed by atoms with E-state index in [4.69, 9.17) is 0 Å². The molecule has 3 rings (SSSR count). The number of hydrogen-bond donors (Lipinski definition) is 0. The summed E-state index contributed by atoms with van der Waals surface area (Å²) >= 11 is 0.849. The molecule has 0 radical (unpaired) electrons. The van der Waals surface area contributed by atoms with Crippen LogP contribution in [0.1, 0.15) is 64.5 Å². The molecule has 0 spiro atoms. The lowest BCUT2D eigenvalue weighted by molar-refractivity contribution is -0.123. The van der Waals surface area contributed by atoms with Crippen molar-refractivity contribution in [3.8, 4) is 0 Å². The predicted octanol–water partition coefficient (Wildman–Crippen LogP) is 5.94. The first kappa shape index (κ1) is 21.6. The van der Waals surface area contributed by atoms with Gasteiger partial charge < -0.3 is 4.90 Å². The van der Waals surface area contributed by atoms with E-state index in [1.807, 2.05) is 6.07 Å². The third-order valence-electron chi connectivity index (χ3n) is 5.81. The zero-order chi connectivity index (χ0) is 21.5. The highest BCUT2D eigenvalue weighted by atomic mass is 32.2. The van der Waals surface area contributed by atoms with E-state index in [1.165, 1.54) is 6.08 Å². The van der Waals surface area contributed by atoms with Crippen LogP contribution in [0.2, 0.25) is 0 Å². The third-order valence-corrected chi connectivity index (χ3v) is 6.69. The van der Waals surface area contributed by atoms with Crippen LogP contribution in [0, 0.1) is 5.82 Å². The van der Waals surface area contributed by atoms with Gasteiger partial charge in [0.2, 0.25) is 0 Å².